The lowest BCUT2D eigenvalue weighted by Crippen LogP contribution is -2.35. The summed E-state index contributed by atoms with van der Waals surface area (Å²) in [5.41, 5.74) is 1.72. The fourth-order valence-corrected chi connectivity index (χ4v) is 3.54. The van der Waals surface area contributed by atoms with Gasteiger partial charge < -0.3 is 10.6 Å². The third-order valence-corrected chi connectivity index (χ3v) is 5.11. The second-order valence-corrected chi connectivity index (χ2v) is 7.18. The number of hydrogen-bond donors (Lipinski definition) is 2. The molecule has 0 radical (unpaired) electrons. The number of non-ortho nitro benzene ring substituents is 1. The zero-order valence-electron chi connectivity index (χ0n) is 15.8. The molecule has 2 amide bonds. The first-order valence-electron chi connectivity index (χ1n) is 9.66. The molecule has 2 aromatic rings. The molecule has 3 rings (SSSR count). The highest BCUT2D eigenvalue weighted by atomic mass is 16.6. The van der Waals surface area contributed by atoms with E-state index in [9.17, 15) is 14.9 Å². The molecule has 0 bridgehead atoms. The molecule has 2 N–H and O–H groups in total. The Bertz CT molecular complexity index is 789. The van der Waals surface area contributed by atoms with E-state index in [0.29, 0.717) is 18.2 Å². The van der Waals surface area contributed by atoms with Crippen LogP contribution in [0.25, 0.3) is 0 Å². The zero-order chi connectivity index (χ0) is 19.8. The number of rotatable bonds is 7. The van der Waals surface area contributed by atoms with Gasteiger partial charge in [0.05, 0.1) is 4.92 Å². The quantitative estimate of drug-likeness (QED) is 0.559. The molecule has 1 heterocycles. The van der Waals surface area contributed by atoms with Crippen molar-refractivity contribution in [3.05, 3.63) is 70.3 Å². The average molecular weight is 382 g/mol. The Kier molecular flexibility index (Phi) is 6.97. The third kappa shape index (κ3) is 6.06. The van der Waals surface area contributed by atoms with Gasteiger partial charge in [0.1, 0.15) is 0 Å². The van der Waals surface area contributed by atoms with Crippen molar-refractivity contribution in [1.29, 1.82) is 0 Å². The van der Waals surface area contributed by atoms with Gasteiger partial charge in [-0.2, -0.15) is 0 Å². The first-order chi connectivity index (χ1) is 13.6. The molecule has 1 fully saturated rings. The predicted molar refractivity (Wildman–Crippen MR) is 109 cm³/mol. The lowest BCUT2D eigenvalue weighted by Gasteiger charge is -2.32. The number of hydrogen-bond acceptors (Lipinski definition) is 4. The van der Waals surface area contributed by atoms with Crippen molar-refractivity contribution < 1.29 is 9.72 Å². The molecule has 2 aromatic carbocycles. The van der Waals surface area contributed by atoms with Gasteiger partial charge in [0, 0.05) is 30.9 Å². The van der Waals surface area contributed by atoms with Crippen molar-refractivity contribution in [2.24, 2.45) is 5.92 Å². The van der Waals surface area contributed by atoms with E-state index in [1.165, 1.54) is 17.7 Å². The number of amides is 2. The van der Waals surface area contributed by atoms with Crippen molar-refractivity contribution in [3.8, 4) is 0 Å². The fraction of sp³-hybridized carbons (Fsp3) is 0.381. The topological polar surface area (TPSA) is 87.5 Å². The third-order valence-electron chi connectivity index (χ3n) is 5.11. The largest absolute Gasteiger partial charge is 0.338 e. The highest BCUT2D eigenvalue weighted by Gasteiger charge is 2.19. The van der Waals surface area contributed by atoms with E-state index in [2.05, 4.69) is 39.8 Å². The van der Waals surface area contributed by atoms with E-state index in [4.69, 9.17) is 0 Å². The Morgan fingerprint density at radius 2 is 1.86 bits per heavy atom. The molecule has 1 aliphatic rings. The molecular formula is C21H26N4O3. The minimum Gasteiger partial charge on any atom is -0.338 e. The van der Waals surface area contributed by atoms with Gasteiger partial charge in [-0.3, -0.25) is 15.0 Å². The van der Waals surface area contributed by atoms with Crippen molar-refractivity contribution >= 4 is 17.4 Å². The SMILES string of the molecule is O=C(NCCC1CCN(Cc2ccccc2)CC1)Nc1cccc([N+](=O)[O-])c1. The molecule has 0 aromatic heterocycles. The van der Waals surface area contributed by atoms with Crippen LogP contribution in [0.1, 0.15) is 24.8 Å². The first kappa shape index (κ1) is 19.8. The van der Waals surface area contributed by atoms with Crippen LogP contribution < -0.4 is 10.6 Å². The lowest BCUT2D eigenvalue weighted by atomic mass is 9.93. The van der Waals surface area contributed by atoms with Crippen LogP contribution in [-0.4, -0.2) is 35.5 Å². The molecule has 7 nitrogen and oxygen atoms in total. The summed E-state index contributed by atoms with van der Waals surface area (Å²) in [6, 6.07) is 16.1. The second-order valence-electron chi connectivity index (χ2n) is 7.18. The lowest BCUT2D eigenvalue weighted by molar-refractivity contribution is -0.384. The molecule has 0 saturated carbocycles. The molecule has 1 aliphatic heterocycles. The van der Waals surface area contributed by atoms with Gasteiger partial charge in [-0.05, 0) is 49.9 Å². The standard InChI is InChI=1S/C21H26N4O3/c26-21(23-19-7-4-8-20(15-19)25(27)28)22-12-9-17-10-13-24(14-11-17)16-18-5-2-1-3-6-18/h1-8,15,17H,9-14,16H2,(H2,22,23,26). The Hall–Kier alpha value is -2.93. The number of nitro groups is 1. The van der Waals surface area contributed by atoms with Gasteiger partial charge in [-0.25, -0.2) is 4.79 Å². The summed E-state index contributed by atoms with van der Waals surface area (Å²) in [5, 5.41) is 16.3. The smallest absolute Gasteiger partial charge is 0.319 e. The van der Waals surface area contributed by atoms with Gasteiger partial charge in [-0.1, -0.05) is 36.4 Å². The summed E-state index contributed by atoms with van der Waals surface area (Å²) in [6.07, 6.45) is 3.23. The number of nitro benzene ring substituents is 1. The normalized spacial score (nSPS) is 15.1. The second kappa shape index (κ2) is 9.85. The van der Waals surface area contributed by atoms with Crippen molar-refractivity contribution in [1.82, 2.24) is 10.2 Å². The number of carbonyl (C=O) groups excluding carboxylic acids is 1. The number of nitrogens with one attached hydrogen (secondary N) is 2. The summed E-state index contributed by atoms with van der Waals surface area (Å²) in [5.74, 6) is 0.616. The van der Waals surface area contributed by atoms with Gasteiger partial charge in [0.25, 0.3) is 5.69 Å². The zero-order valence-corrected chi connectivity index (χ0v) is 15.8. The number of urea groups is 1. The first-order valence-corrected chi connectivity index (χ1v) is 9.66. The van der Waals surface area contributed by atoms with Crippen molar-refractivity contribution in [2.75, 3.05) is 25.0 Å². The Morgan fingerprint density at radius 3 is 2.57 bits per heavy atom. The van der Waals surface area contributed by atoms with Gasteiger partial charge in [-0.15, -0.1) is 0 Å². The molecule has 7 heteroatoms. The molecule has 1 saturated heterocycles. The monoisotopic (exact) mass is 382 g/mol. The maximum absolute atomic E-state index is 12.0. The van der Waals surface area contributed by atoms with E-state index in [1.54, 1.807) is 12.1 Å². The number of nitrogens with zero attached hydrogens (tertiary/aromatic N) is 2. The maximum atomic E-state index is 12.0. The van der Waals surface area contributed by atoms with E-state index in [1.807, 2.05) is 6.07 Å². The predicted octanol–water partition coefficient (Wildman–Crippen LogP) is 4.02. The molecular weight excluding hydrogens is 356 g/mol. The summed E-state index contributed by atoms with van der Waals surface area (Å²) in [7, 11) is 0. The molecule has 0 aliphatic carbocycles. The van der Waals surface area contributed by atoms with Crippen LogP contribution in [0.4, 0.5) is 16.2 Å². The number of benzene rings is 2. The summed E-state index contributed by atoms with van der Waals surface area (Å²) in [6.45, 7) is 3.76. The summed E-state index contributed by atoms with van der Waals surface area (Å²) >= 11 is 0. The van der Waals surface area contributed by atoms with E-state index in [0.717, 1.165) is 38.9 Å². The van der Waals surface area contributed by atoms with Gasteiger partial charge >= 0.3 is 6.03 Å². The van der Waals surface area contributed by atoms with Crippen LogP contribution in [0.5, 0.6) is 0 Å². The summed E-state index contributed by atoms with van der Waals surface area (Å²) < 4.78 is 0. The van der Waals surface area contributed by atoms with Crippen LogP contribution >= 0.6 is 0 Å². The highest BCUT2D eigenvalue weighted by Crippen LogP contribution is 2.21. The minimum absolute atomic E-state index is 0.0416. The number of anilines is 1. The molecule has 0 unspecified atom stereocenters. The maximum Gasteiger partial charge on any atom is 0.319 e. The Labute approximate surface area is 164 Å². The van der Waals surface area contributed by atoms with Gasteiger partial charge in [0.15, 0.2) is 0 Å². The molecule has 28 heavy (non-hydrogen) atoms. The van der Waals surface area contributed by atoms with Crippen LogP contribution in [-0.2, 0) is 6.54 Å². The number of piperidine rings is 1. The van der Waals surface area contributed by atoms with Crippen molar-refractivity contribution in [2.45, 2.75) is 25.8 Å². The molecule has 0 spiro atoms. The van der Waals surface area contributed by atoms with E-state index >= 15 is 0 Å². The minimum atomic E-state index is -0.479. The van der Waals surface area contributed by atoms with E-state index in [-0.39, 0.29) is 11.7 Å². The van der Waals surface area contributed by atoms with Crippen molar-refractivity contribution in [3.63, 3.8) is 0 Å². The number of carbonyl (C=O) groups is 1. The number of likely N-dealkylation sites (tertiary alicyclic amines) is 1. The van der Waals surface area contributed by atoms with Crippen LogP contribution in [0.2, 0.25) is 0 Å². The van der Waals surface area contributed by atoms with Crippen LogP contribution in [0.15, 0.2) is 54.6 Å². The van der Waals surface area contributed by atoms with E-state index < -0.39 is 4.92 Å². The molecule has 0 atom stereocenters. The average Bonchev–Trinajstić information content (AvgIpc) is 2.70. The fourth-order valence-electron chi connectivity index (χ4n) is 3.54. The highest BCUT2D eigenvalue weighted by molar-refractivity contribution is 5.89. The van der Waals surface area contributed by atoms with Crippen LogP contribution in [0, 0.1) is 16.0 Å². The van der Waals surface area contributed by atoms with Gasteiger partial charge in [0.2, 0.25) is 0 Å². The summed E-state index contributed by atoms with van der Waals surface area (Å²) in [4.78, 5) is 24.8. The Balaban J connectivity index is 1.34. The van der Waals surface area contributed by atoms with Crippen LogP contribution in [0.3, 0.4) is 0 Å². The molecule has 148 valence electrons. The Morgan fingerprint density at radius 1 is 1.11 bits per heavy atom.